The van der Waals surface area contributed by atoms with Crippen LogP contribution in [-0.4, -0.2) is 44.0 Å². The Morgan fingerprint density at radius 2 is 1.69 bits per heavy atom. The first-order valence-electron chi connectivity index (χ1n) is 9.93. The third kappa shape index (κ3) is 5.18. The molecule has 0 spiro atoms. The second-order valence-corrected chi connectivity index (χ2v) is 10.1. The van der Waals surface area contributed by atoms with Crippen LogP contribution < -0.4 is 5.32 Å². The molecule has 5 nitrogen and oxygen atoms in total. The lowest BCUT2D eigenvalue weighted by Crippen LogP contribution is -2.50. The molecule has 0 radical (unpaired) electrons. The Morgan fingerprint density at radius 1 is 1.07 bits per heavy atom. The number of carbonyl (C=O) groups excluding carboxylic acids is 1. The van der Waals surface area contributed by atoms with Gasteiger partial charge >= 0.3 is 0 Å². The first-order chi connectivity index (χ1) is 13.9. The smallest absolute Gasteiger partial charge is 0.251 e. The van der Waals surface area contributed by atoms with E-state index < -0.39 is 10.0 Å². The van der Waals surface area contributed by atoms with Crippen molar-refractivity contribution in [2.75, 3.05) is 25.4 Å². The summed E-state index contributed by atoms with van der Waals surface area (Å²) in [5.41, 5.74) is 1.39. The number of amides is 1. The molecule has 2 aromatic carbocycles. The van der Waals surface area contributed by atoms with Gasteiger partial charge in [-0.25, -0.2) is 12.7 Å². The molecule has 156 valence electrons. The second kappa shape index (κ2) is 9.28. The Hall–Kier alpha value is -1.89. The minimum atomic E-state index is -3.21. The van der Waals surface area contributed by atoms with E-state index in [9.17, 15) is 13.2 Å². The fourth-order valence-electron chi connectivity index (χ4n) is 3.89. The lowest BCUT2D eigenvalue weighted by Gasteiger charge is -2.42. The molecule has 1 N–H and O–H groups in total. The normalized spacial score (nSPS) is 17.0. The zero-order valence-electron chi connectivity index (χ0n) is 16.6. The molecule has 0 atom stereocenters. The first kappa shape index (κ1) is 21.8. The zero-order valence-corrected chi connectivity index (χ0v) is 18.2. The standard InChI is InChI=1S/C22H27ClN2O3S/c1-2-16-29(27,28)25-14-12-22(13-15-25,19-6-4-3-5-7-19)17-24-21(26)18-8-10-20(23)11-9-18/h3-11H,2,12-17H2,1H3,(H,24,26). The van der Waals surface area contributed by atoms with Gasteiger partial charge in [-0.2, -0.15) is 0 Å². The van der Waals surface area contributed by atoms with E-state index in [1.165, 1.54) is 0 Å². The number of rotatable bonds is 7. The Morgan fingerprint density at radius 3 is 2.28 bits per heavy atom. The van der Waals surface area contributed by atoms with E-state index in [-0.39, 0.29) is 17.1 Å². The molecule has 7 heteroatoms. The van der Waals surface area contributed by atoms with Crippen molar-refractivity contribution in [3.8, 4) is 0 Å². The van der Waals surface area contributed by atoms with Gasteiger partial charge in [0.2, 0.25) is 10.0 Å². The molecule has 1 amide bonds. The number of nitrogens with one attached hydrogen (secondary N) is 1. The summed E-state index contributed by atoms with van der Waals surface area (Å²) in [6.45, 7) is 3.27. The number of nitrogens with zero attached hydrogens (tertiary/aromatic N) is 1. The van der Waals surface area contributed by atoms with Gasteiger partial charge in [-0.3, -0.25) is 4.79 Å². The maximum atomic E-state index is 12.6. The van der Waals surface area contributed by atoms with Crippen molar-refractivity contribution in [1.29, 1.82) is 0 Å². The van der Waals surface area contributed by atoms with Crippen LogP contribution in [0.15, 0.2) is 54.6 Å². The second-order valence-electron chi connectivity index (χ2n) is 7.55. The summed E-state index contributed by atoms with van der Waals surface area (Å²) in [7, 11) is -3.21. The van der Waals surface area contributed by atoms with E-state index in [4.69, 9.17) is 11.6 Å². The summed E-state index contributed by atoms with van der Waals surface area (Å²) in [6.07, 6.45) is 1.95. The third-order valence-corrected chi connectivity index (χ3v) is 7.94. The highest BCUT2D eigenvalue weighted by atomic mass is 35.5. The molecule has 1 fully saturated rings. The van der Waals surface area contributed by atoms with Crippen LogP contribution in [0.1, 0.15) is 42.1 Å². The van der Waals surface area contributed by atoms with Gasteiger partial charge < -0.3 is 5.32 Å². The largest absolute Gasteiger partial charge is 0.351 e. The van der Waals surface area contributed by atoms with Crippen molar-refractivity contribution in [3.63, 3.8) is 0 Å². The molecule has 1 aliphatic heterocycles. The lowest BCUT2D eigenvalue weighted by molar-refractivity contribution is 0.0933. The van der Waals surface area contributed by atoms with Gasteiger partial charge in [-0.1, -0.05) is 48.9 Å². The van der Waals surface area contributed by atoms with Crippen LogP contribution >= 0.6 is 11.6 Å². The van der Waals surface area contributed by atoms with Gasteiger partial charge in [-0.05, 0) is 49.1 Å². The van der Waals surface area contributed by atoms with Gasteiger partial charge in [0.15, 0.2) is 0 Å². The minimum absolute atomic E-state index is 0.155. The van der Waals surface area contributed by atoms with Gasteiger partial charge in [0.25, 0.3) is 5.91 Å². The maximum Gasteiger partial charge on any atom is 0.251 e. The molecule has 1 aliphatic rings. The number of piperidine rings is 1. The summed E-state index contributed by atoms with van der Waals surface area (Å²) < 4.78 is 26.5. The third-order valence-electron chi connectivity index (χ3n) is 5.61. The SMILES string of the molecule is CCCS(=O)(=O)N1CCC(CNC(=O)c2ccc(Cl)cc2)(c2ccccc2)CC1. The summed E-state index contributed by atoms with van der Waals surface area (Å²) in [5.74, 6) is 0.0246. The average Bonchev–Trinajstić information content (AvgIpc) is 2.73. The van der Waals surface area contributed by atoms with E-state index in [0.29, 0.717) is 49.5 Å². The zero-order chi connectivity index (χ0) is 20.9. The van der Waals surface area contributed by atoms with Crippen LogP contribution in [0.4, 0.5) is 0 Å². The Bertz CT molecular complexity index is 922. The van der Waals surface area contributed by atoms with Crippen molar-refractivity contribution >= 4 is 27.5 Å². The van der Waals surface area contributed by atoms with Crippen molar-refractivity contribution in [2.24, 2.45) is 0 Å². The highest BCUT2D eigenvalue weighted by molar-refractivity contribution is 7.89. The number of halogens is 1. The number of benzene rings is 2. The molecule has 0 saturated carbocycles. The summed E-state index contributed by atoms with van der Waals surface area (Å²) in [6, 6.07) is 16.8. The molecular formula is C22H27ClN2O3S. The highest BCUT2D eigenvalue weighted by Crippen LogP contribution is 2.36. The fourth-order valence-corrected chi connectivity index (χ4v) is 5.53. The van der Waals surface area contributed by atoms with Gasteiger partial charge in [0, 0.05) is 35.6 Å². The Kier molecular flexibility index (Phi) is 6.98. The van der Waals surface area contributed by atoms with E-state index in [1.54, 1.807) is 28.6 Å². The molecule has 2 aromatic rings. The lowest BCUT2D eigenvalue weighted by atomic mass is 9.73. The predicted octanol–water partition coefficient (Wildman–Crippen LogP) is 3.84. The van der Waals surface area contributed by atoms with E-state index >= 15 is 0 Å². The van der Waals surface area contributed by atoms with Crippen LogP contribution in [0.5, 0.6) is 0 Å². The van der Waals surface area contributed by atoms with Crippen LogP contribution in [0.3, 0.4) is 0 Å². The topological polar surface area (TPSA) is 66.5 Å². The van der Waals surface area contributed by atoms with E-state index in [2.05, 4.69) is 17.4 Å². The molecule has 0 bridgehead atoms. The van der Waals surface area contributed by atoms with Crippen LogP contribution in [-0.2, 0) is 15.4 Å². The first-order valence-corrected chi connectivity index (χ1v) is 11.9. The molecule has 1 heterocycles. The number of hydrogen-bond donors (Lipinski definition) is 1. The number of carbonyl (C=O) groups is 1. The van der Waals surface area contributed by atoms with Gasteiger partial charge in [0.05, 0.1) is 5.75 Å². The number of sulfonamides is 1. The average molecular weight is 435 g/mol. The monoisotopic (exact) mass is 434 g/mol. The summed E-state index contributed by atoms with van der Waals surface area (Å²) >= 11 is 5.90. The number of hydrogen-bond acceptors (Lipinski definition) is 3. The minimum Gasteiger partial charge on any atom is -0.351 e. The van der Waals surface area contributed by atoms with Crippen molar-refractivity contribution in [1.82, 2.24) is 9.62 Å². The quantitative estimate of drug-likeness (QED) is 0.719. The van der Waals surface area contributed by atoms with Crippen molar-refractivity contribution in [2.45, 2.75) is 31.6 Å². The van der Waals surface area contributed by atoms with Crippen LogP contribution in [0.25, 0.3) is 0 Å². The molecule has 1 saturated heterocycles. The van der Waals surface area contributed by atoms with Crippen LogP contribution in [0, 0.1) is 0 Å². The molecule has 0 unspecified atom stereocenters. The van der Waals surface area contributed by atoms with Crippen molar-refractivity contribution in [3.05, 3.63) is 70.7 Å². The highest BCUT2D eigenvalue weighted by Gasteiger charge is 2.39. The van der Waals surface area contributed by atoms with Crippen molar-refractivity contribution < 1.29 is 13.2 Å². The fraction of sp³-hybridized carbons (Fsp3) is 0.409. The molecule has 0 aliphatic carbocycles. The summed E-state index contributed by atoms with van der Waals surface area (Å²) in [5, 5.41) is 3.64. The van der Waals surface area contributed by atoms with Crippen LogP contribution in [0.2, 0.25) is 5.02 Å². The molecular weight excluding hydrogens is 408 g/mol. The Labute approximate surface area is 178 Å². The van der Waals surface area contributed by atoms with E-state index in [1.807, 2.05) is 25.1 Å². The molecule has 3 rings (SSSR count). The van der Waals surface area contributed by atoms with Gasteiger partial charge in [0.1, 0.15) is 0 Å². The Balaban J connectivity index is 1.76. The van der Waals surface area contributed by atoms with Gasteiger partial charge in [-0.15, -0.1) is 0 Å². The molecule has 0 aromatic heterocycles. The predicted molar refractivity (Wildman–Crippen MR) is 117 cm³/mol. The van der Waals surface area contributed by atoms with E-state index in [0.717, 1.165) is 5.56 Å². The molecule has 29 heavy (non-hydrogen) atoms. The summed E-state index contributed by atoms with van der Waals surface area (Å²) in [4.78, 5) is 12.6. The maximum absolute atomic E-state index is 12.6.